The minimum Gasteiger partial charge on any atom is -0.454 e. The summed E-state index contributed by atoms with van der Waals surface area (Å²) in [7, 11) is -4.00. The molecule has 1 aliphatic heterocycles. The molecule has 0 radical (unpaired) electrons. The molecule has 1 atom stereocenters. The Kier molecular flexibility index (Phi) is 4.53. The summed E-state index contributed by atoms with van der Waals surface area (Å²) in [4.78, 5) is 0.147. The van der Waals surface area contributed by atoms with Gasteiger partial charge < -0.3 is 14.6 Å². The lowest BCUT2D eigenvalue weighted by molar-refractivity contribution is 0.174. The average molecular weight is 436 g/mol. The highest BCUT2D eigenvalue weighted by Crippen LogP contribution is 2.42. The van der Waals surface area contributed by atoms with Crippen LogP contribution in [0.5, 0.6) is 11.5 Å². The summed E-state index contributed by atoms with van der Waals surface area (Å²) in [5, 5.41) is 12.0. The zero-order valence-corrected chi connectivity index (χ0v) is 17.9. The first-order valence-corrected chi connectivity index (χ1v) is 11.3. The van der Waals surface area contributed by atoms with Gasteiger partial charge in [0, 0.05) is 11.5 Å². The summed E-state index contributed by atoms with van der Waals surface area (Å²) in [5.41, 5.74) is 2.97. The van der Waals surface area contributed by atoms with Gasteiger partial charge in [0.05, 0.1) is 16.1 Å². The van der Waals surface area contributed by atoms with Gasteiger partial charge in [0.15, 0.2) is 11.5 Å². The van der Waals surface area contributed by atoms with E-state index in [2.05, 4.69) is 0 Å². The SMILES string of the molecule is Cc1ccc(S(=O)(=O)n2c(C(O)c3ccccc3)c(C)c3cc4c(cc32)OCO4)cc1. The van der Waals surface area contributed by atoms with Crippen molar-refractivity contribution in [3.8, 4) is 11.5 Å². The average Bonchev–Trinajstić information content (AvgIpc) is 3.35. The number of aryl methyl sites for hydroxylation is 2. The molecule has 0 spiro atoms. The van der Waals surface area contributed by atoms with Gasteiger partial charge in [0.2, 0.25) is 6.79 Å². The number of aliphatic hydroxyl groups excluding tert-OH is 1. The number of ether oxygens (including phenoxy) is 2. The number of hydrogen-bond donors (Lipinski definition) is 1. The summed E-state index contributed by atoms with van der Waals surface area (Å²) in [6.45, 7) is 3.80. The normalized spacial score (nSPS) is 14.2. The molecule has 0 saturated heterocycles. The molecule has 0 bridgehead atoms. The smallest absolute Gasteiger partial charge is 0.268 e. The second kappa shape index (κ2) is 7.14. The zero-order valence-electron chi connectivity index (χ0n) is 17.1. The minimum absolute atomic E-state index is 0.0885. The summed E-state index contributed by atoms with van der Waals surface area (Å²) in [6, 6.07) is 19.1. The molecule has 7 heteroatoms. The van der Waals surface area contributed by atoms with Crippen LogP contribution in [0, 0.1) is 13.8 Å². The molecule has 3 aromatic carbocycles. The Bertz CT molecular complexity index is 1390. The topological polar surface area (TPSA) is 77.8 Å². The third-order valence-electron chi connectivity index (χ3n) is 5.65. The Balaban J connectivity index is 1.84. The number of rotatable bonds is 4. The van der Waals surface area contributed by atoms with Crippen molar-refractivity contribution < 1.29 is 23.0 Å². The van der Waals surface area contributed by atoms with E-state index in [1.807, 2.05) is 32.0 Å². The molecule has 0 saturated carbocycles. The number of nitrogens with zero attached hydrogens (tertiary/aromatic N) is 1. The molecule has 1 N–H and O–H groups in total. The molecule has 1 aromatic heterocycles. The van der Waals surface area contributed by atoms with Crippen molar-refractivity contribution in [2.75, 3.05) is 6.79 Å². The van der Waals surface area contributed by atoms with E-state index < -0.39 is 16.1 Å². The monoisotopic (exact) mass is 435 g/mol. The fourth-order valence-electron chi connectivity index (χ4n) is 4.00. The maximum Gasteiger partial charge on any atom is 0.268 e. The molecule has 4 aromatic rings. The van der Waals surface area contributed by atoms with Gasteiger partial charge in [0.1, 0.15) is 6.10 Å². The van der Waals surface area contributed by atoms with Gasteiger partial charge in [-0.3, -0.25) is 0 Å². The Morgan fingerprint density at radius 3 is 2.26 bits per heavy atom. The van der Waals surface area contributed by atoms with E-state index in [9.17, 15) is 13.5 Å². The molecule has 2 heterocycles. The summed E-state index contributed by atoms with van der Waals surface area (Å²) < 4.78 is 39.8. The number of aliphatic hydroxyl groups is 1. The van der Waals surface area contributed by atoms with Crippen LogP contribution in [-0.4, -0.2) is 24.3 Å². The van der Waals surface area contributed by atoms with Crippen LogP contribution in [0.1, 0.15) is 28.5 Å². The fourth-order valence-corrected chi connectivity index (χ4v) is 5.60. The van der Waals surface area contributed by atoms with Crippen molar-refractivity contribution in [2.45, 2.75) is 24.8 Å². The molecule has 0 fully saturated rings. The van der Waals surface area contributed by atoms with Crippen molar-refractivity contribution in [3.05, 3.63) is 89.1 Å². The van der Waals surface area contributed by atoms with E-state index in [-0.39, 0.29) is 11.7 Å². The van der Waals surface area contributed by atoms with E-state index in [4.69, 9.17) is 9.47 Å². The number of hydrogen-bond acceptors (Lipinski definition) is 5. The van der Waals surface area contributed by atoms with Crippen LogP contribution >= 0.6 is 0 Å². The van der Waals surface area contributed by atoms with Gasteiger partial charge in [-0.2, -0.15) is 0 Å². The Morgan fingerprint density at radius 2 is 1.58 bits per heavy atom. The van der Waals surface area contributed by atoms with E-state index in [1.165, 1.54) is 3.97 Å². The molecular formula is C24H21NO5S. The quantitative estimate of drug-likeness (QED) is 0.517. The minimum atomic E-state index is -4.00. The predicted octanol–water partition coefficient (Wildman–Crippen LogP) is 4.31. The standard InChI is InChI=1S/C24H21NO5S/c1-15-8-10-18(11-9-15)31(27,28)25-20-13-22-21(29-14-30-22)12-19(20)16(2)23(25)24(26)17-6-4-3-5-7-17/h3-13,24,26H,14H2,1-2H3. The number of fused-ring (bicyclic) bond motifs is 2. The molecule has 0 amide bonds. The van der Waals surface area contributed by atoms with Crippen LogP contribution in [0.25, 0.3) is 10.9 Å². The predicted molar refractivity (Wildman–Crippen MR) is 117 cm³/mol. The van der Waals surface area contributed by atoms with Gasteiger partial charge in [-0.1, -0.05) is 48.0 Å². The largest absolute Gasteiger partial charge is 0.454 e. The lowest BCUT2D eigenvalue weighted by atomic mass is 10.0. The first-order valence-electron chi connectivity index (χ1n) is 9.88. The van der Waals surface area contributed by atoms with E-state index in [0.29, 0.717) is 39.2 Å². The molecule has 31 heavy (non-hydrogen) atoms. The van der Waals surface area contributed by atoms with Crippen molar-refractivity contribution in [2.24, 2.45) is 0 Å². The molecule has 6 nitrogen and oxygen atoms in total. The maximum atomic E-state index is 13.8. The lowest BCUT2D eigenvalue weighted by Gasteiger charge is -2.17. The van der Waals surface area contributed by atoms with Crippen LogP contribution in [0.4, 0.5) is 0 Å². The second-order valence-corrected chi connectivity index (χ2v) is 9.42. The van der Waals surface area contributed by atoms with Gasteiger partial charge in [0.25, 0.3) is 10.0 Å². The van der Waals surface area contributed by atoms with Crippen LogP contribution in [-0.2, 0) is 10.0 Å². The summed E-state index contributed by atoms with van der Waals surface area (Å²) in [5.74, 6) is 1.03. The third-order valence-corrected chi connectivity index (χ3v) is 7.39. The van der Waals surface area contributed by atoms with Gasteiger partial charge in [-0.25, -0.2) is 12.4 Å². The van der Waals surface area contributed by atoms with Crippen molar-refractivity contribution in [1.82, 2.24) is 3.97 Å². The molecule has 1 unspecified atom stereocenters. The Labute approximate surface area is 180 Å². The van der Waals surface area contributed by atoms with Crippen LogP contribution < -0.4 is 9.47 Å². The van der Waals surface area contributed by atoms with Gasteiger partial charge in [-0.05, 0) is 43.2 Å². The number of aromatic nitrogens is 1. The second-order valence-electron chi connectivity index (χ2n) is 7.63. The van der Waals surface area contributed by atoms with E-state index >= 15 is 0 Å². The van der Waals surface area contributed by atoms with Gasteiger partial charge in [-0.15, -0.1) is 0 Å². The zero-order chi connectivity index (χ0) is 21.8. The Hall–Kier alpha value is -3.29. The van der Waals surface area contributed by atoms with Crippen LogP contribution in [0.3, 0.4) is 0 Å². The van der Waals surface area contributed by atoms with E-state index in [1.54, 1.807) is 48.5 Å². The van der Waals surface area contributed by atoms with E-state index in [0.717, 1.165) is 5.56 Å². The summed E-state index contributed by atoms with van der Waals surface area (Å²) in [6.07, 6.45) is -1.13. The molecule has 158 valence electrons. The molecular weight excluding hydrogens is 414 g/mol. The van der Waals surface area contributed by atoms with Crippen molar-refractivity contribution in [3.63, 3.8) is 0 Å². The van der Waals surface area contributed by atoms with Crippen molar-refractivity contribution >= 4 is 20.9 Å². The Morgan fingerprint density at radius 1 is 0.935 bits per heavy atom. The lowest BCUT2D eigenvalue weighted by Crippen LogP contribution is -2.19. The molecule has 0 aliphatic carbocycles. The maximum absolute atomic E-state index is 13.8. The first kappa shape index (κ1) is 19.7. The van der Waals surface area contributed by atoms with Crippen LogP contribution in [0.15, 0.2) is 71.6 Å². The number of benzene rings is 3. The fraction of sp³-hybridized carbons (Fsp3) is 0.167. The molecule has 1 aliphatic rings. The van der Waals surface area contributed by atoms with Gasteiger partial charge >= 0.3 is 0 Å². The first-order chi connectivity index (χ1) is 14.9. The van der Waals surface area contributed by atoms with Crippen LogP contribution in [0.2, 0.25) is 0 Å². The molecule has 5 rings (SSSR count). The highest BCUT2D eigenvalue weighted by molar-refractivity contribution is 7.90. The van der Waals surface area contributed by atoms with Crippen molar-refractivity contribution in [1.29, 1.82) is 0 Å². The highest BCUT2D eigenvalue weighted by atomic mass is 32.2. The highest BCUT2D eigenvalue weighted by Gasteiger charge is 2.31. The third kappa shape index (κ3) is 3.08. The summed E-state index contributed by atoms with van der Waals surface area (Å²) >= 11 is 0.